The summed E-state index contributed by atoms with van der Waals surface area (Å²) in [7, 11) is 1.85. The van der Waals surface area contributed by atoms with Crippen molar-refractivity contribution in [1.29, 1.82) is 0 Å². The summed E-state index contributed by atoms with van der Waals surface area (Å²) in [6, 6.07) is 4.95. The molecular formula is C16H21N5O2S. The van der Waals surface area contributed by atoms with E-state index in [4.69, 9.17) is 0 Å². The highest BCUT2D eigenvalue weighted by molar-refractivity contribution is 7.13. The van der Waals surface area contributed by atoms with E-state index in [1.165, 1.54) is 0 Å². The summed E-state index contributed by atoms with van der Waals surface area (Å²) in [5.41, 5.74) is 1.36. The Balaban J connectivity index is 1.52. The summed E-state index contributed by atoms with van der Waals surface area (Å²) in [6.45, 7) is 2.02. The van der Waals surface area contributed by atoms with E-state index in [2.05, 4.69) is 25.5 Å². The van der Waals surface area contributed by atoms with E-state index in [1.54, 1.807) is 35.7 Å². The number of aliphatic hydroxyl groups excluding tert-OH is 1. The number of aliphatic hydroxyl groups is 1. The first-order chi connectivity index (χ1) is 11.7. The normalized spacial score (nSPS) is 21.4. The molecule has 1 aliphatic rings. The molecule has 128 valence electrons. The number of piperidine rings is 1. The van der Waals surface area contributed by atoms with Crippen molar-refractivity contribution in [3.63, 3.8) is 0 Å². The van der Waals surface area contributed by atoms with Crippen LogP contribution in [0, 0.1) is 0 Å². The van der Waals surface area contributed by atoms with Gasteiger partial charge in [0.05, 0.1) is 17.8 Å². The van der Waals surface area contributed by atoms with Crippen molar-refractivity contribution in [2.24, 2.45) is 0 Å². The zero-order valence-corrected chi connectivity index (χ0v) is 14.3. The van der Waals surface area contributed by atoms with Gasteiger partial charge in [0, 0.05) is 38.3 Å². The third-order valence-electron chi connectivity index (χ3n) is 4.03. The Kier molecular flexibility index (Phi) is 5.39. The molecule has 3 N–H and O–H groups in total. The van der Waals surface area contributed by atoms with Gasteiger partial charge in [-0.2, -0.15) is 0 Å². The lowest BCUT2D eigenvalue weighted by atomic mass is 10.0. The average Bonchev–Trinajstić information content (AvgIpc) is 3.05. The van der Waals surface area contributed by atoms with Crippen LogP contribution in [0.25, 0.3) is 0 Å². The molecule has 0 saturated carbocycles. The molecule has 0 bridgehead atoms. The minimum atomic E-state index is -0.603. The standard InChI is InChI=1S/C16H21N5O2S/c1-17-16-19-11(10-24-16)8-21-7-5-12(14(22)9-21)20-15(23)13-4-2-3-6-18-13/h2-4,6,10,12,14,22H,5,7-9H2,1H3,(H,17,19)(H,20,23)/t12-,14-/m1/s1. The van der Waals surface area contributed by atoms with Crippen LogP contribution < -0.4 is 10.6 Å². The van der Waals surface area contributed by atoms with Gasteiger partial charge in [-0.3, -0.25) is 14.7 Å². The van der Waals surface area contributed by atoms with Crippen molar-refractivity contribution in [3.05, 3.63) is 41.2 Å². The zero-order chi connectivity index (χ0) is 16.9. The molecule has 24 heavy (non-hydrogen) atoms. The molecule has 2 atom stereocenters. The Morgan fingerprint density at radius 2 is 2.38 bits per heavy atom. The van der Waals surface area contributed by atoms with Crippen LogP contribution in [0.5, 0.6) is 0 Å². The van der Waals surface area contributed by atoms with Crippen molar-refractivity contribution in [2.45, 2.75) is 25.1 Å². The van der Waals surface area contributed by atoms with Crippen LogP contribution >= 0.6 is 11.3 Å². The molecule has 0 unspecified atom stereocenters. The van der Waals surface area contributed by atoms with Crippen LogP contribution in [0.15, 0.2) is 29.8 Å². The summed E-state index contributed by atoms with van der Waals surface area (Å²) in [5.74, 6) is -0.244. The van der Waals surface area contributed by atoms with Gasteiger partial charge in [-0.05, 0) is 18.6 Å². The first kappa shape index (κ1) is 16.8. The van der Waals surface area contributed by atoms with Crippen molar-refractivity contribution in [2.75, 3.05) is 25.5 Å². The number of nitrogens with one attached hydrogen (secondary N) is 2. The minimum Gasteiger partial charge on any atom is -0.390 e. The molecule has 2 aromatic rings. The van der Waals surface area contributed by atoms with E-state index >= 15 is 0 Å². The van der Waals surface area contributed by atoms with Gasteiger partial charge in [-0.15, -0.1) is 11.3 Å². The van der Waals surface area contributed by atoms with Crippen molar-refractivity contribution in [1.82, 2.24) is 20.2 Å². The Hall–Kier alpha value is -2.03. The molecule has 0 spiro atoms. The topological polar surface area (TPSA) is 90.4 Å². The summed E-state index contributed by atoms with van der Waals surface area (Å²) in [6.07, 6.45) is 1.68. The third kappa shape index (κ3) is 4.08. The van der Waals surface area contributed by atoms with E-state index in [1.807, 2.05) is 12.4 Å². The summed E-state index contributed by atoms with van der Waals surface area (Å²) in [5, 5.41) is 19.2. The highest BCUT2D eigenvalue weighted by Crippen LogP contribution is 2.19. The highest BCUT2D eigenvalue weighted by Gasteiger charge is 2.29. The molecule has 1 amide bonds. The Labute approximate surface area is 144 Å². The van der Waals surface area contributed by atoms with Gasteiger partial charge in [-0.1, -0.05) is 6.07 Å². The first-order valence-electron chi connectivity index (χ1n) is 7.90. The predicted molar refractivity (Wildman–Crippen MR) is 93.1 cm³/mol. The molecule has 0 radical (unpaired) electrons. The smallest absolute Gasteiger partial charge is 0.270 e. The number of aromatic nitrogens is 2. The number of thiazole rings is 1. The lowest BCUT2D eigenvalue weighted by Crippen LogP contribution is -2.53. The number of β-amino-alcohol motifs (C(OH)–C–C–N with tert-alkyl or cyclic N) is 1. The van der Waals surface area contributed by atoms with E-state index in [0.29, 0.717) is 25.2 Å². The van der Waals surface area contributed by atoms with Gasteiger partial charge in [0.2, 0.25) is 0 Å². The second-order valence-corrected chi connectivity index (χ2v) is 6.64. The fraction of sp³-hybridized carbons (Fsp3) is 0.438. The first-order valence-corrected chi connectivity index (χ1v) is 8.78. The van der Waals surface area contributed by atoms with Crippen LogP contribution in [0.1, 0.15) is 22.6 Å². The molecule has 8 heteroatoms. The average molecular weight is 347 g/mol. The molecule has 1 fully saturated rings. The van der Waals surface area contributed by atoms with E-state index < -0.39 is 6.10 Å². The molecule has 0 aromatic carbocycles. The Bertz CT molecular complexity index is 678. The molecule has 3 heterocycles. The van der Waals surface area contributed by atoms with Crippen LogP contribution in [0.2, 0.25) is 0 Å². The molecule has 1 saturated heterocycles. The predicted octanol–water partition coefficient (Wildman–Crippen LogP) is 0.945. The largest absolute Gasteiger partial charge is 0.390 e. The number of hydrogen-bond acceptors (Lipinski definition) is 7. The molecule has 3 rings (SSSR count). The lowest BCUT2D eigenvalue weighted by Gasteiger charge is -2.35. The zero-order valence-electron chi connectivity index (χ0n) is 13.5. The maximum atomic E-state index is 12.2. The van der Waals surface area contributed by atoms with Crippen molar-refractivity contribution < 1.29 is 9.90 Å². The second kappa shape index (κ2) is 7.69. The van der Waals surface area contributed by atoms with Gasteiger partial charge in [0.25, 0.3) is 5.91 Å². The number of carbonyl (C=O) groups excluding carboxylic acids is 1. The highest BCUT2D eigenvalue weighted by atomic mass is 32.1. The van der Waals surface area contributed by atoms with Crippen molar-refractivity contribution in [3.8, 4) is 0 Å². The van der Waals surface area contributed by atoms with E-state index in [-0.39, 0.29) is 11.9 Å². The van der Waals surface area contributed by atoms with Gasteiger partial charge in [-0.25, -0.2) is 4.98 Å². The van der Waals surface area contributed by atoms with Crippen LogP contribution in [0.4, 0.5) is 5.13 Å². The van der Waals surface area contributed by atoms with Gasteiger partial charge in [0.15, 0.2) is 5.13 Å². The molecule has 7 nitrogen and oxygen atoms in total. The second-order valence-electron chi connectivity index (χ2n) is 5.78. The Morgan fingerprint density at radius 1 is 1.50 bits per heavy atom. The molecule has 0 aliphatic carbocycles. The maximum Gasteiger partial charge on any atom is 0.270 e. The van der Waals surface area contributed by atoms with E-state index in [9.17, 15) is 9.90 Å². The third-order valence-corrected chi connectivity index (χ3v) is 4.94. The summed E-state index contributed by atoms with van der Waals surface area (Å²) in [4.78, 5) is 22.8. The monoisotopic (exact) mass is 347 g/mol. The maximum absolute atomic E-state index is 12.2. The lowest BCUT2D eigenvalue weighted by molar-refractivity contribution is 0.0345. The SMILES string of the molecule is CNc1nc(CN2CC[C@@H](NC(=O)c3ccccn3)[C@H](O)C2)cs1. The fourth-order valence-corrected chi connectivity index (χ4v) is 3.43. The molecule has 1 aliphatic heterocycles. The van der Waals surface area contributed by atoms with Gasteiger partial charge in [0.1, 0.15) is 5.69 Å². The van der Waals surface area contributed by atoms with Gasteiger partial charge >= 0.3 is 0 Å². The number of anilines is 1. The minimum absolute atomic E-state index is 0.244. The van der Waals surface area contributed by atoms with Crippen LogP contribution in [-0.4, -0.2) is 58.2 Å². The number of nitrogens with zero attached hydrogens (tertiary/aromatic N) is 3. The van der Waals surface area contributed by atoms with Crippen LogP contribution in [0.3, 0.4) is 0 Å². The van der Waals surface area contributed by atoms with Crippen molar-refractivity contribution >= 4 is 22.4 Å². The number of rotatable bonds is 5. The number of carbonyl (C=O) groups is 1. The fourth-order valence-electron chi connectivity index (χ4n) is 2.77. The van der Waals surface area contributed by atoms with E-state index in [0.717, 1.165) is 17.4 Å². The van der Waals surface area contributed by atoms with Crippen LogP contribution in [-0.2, 0) is 6.54 Å². The summed E-state index contributed by atoms with van der Waals surface area (Å²) >= 11 is 1.57. The number of likely N-dealkylation sites (tertiary alicyclic amines) is 1. The quantitative estimate of drug-likeness (QED) is 0.746. The molecular weight excluding hydrogens is 326 g/mol. The Morgan fingerprint density at radius 3 is 3.04 bits per heavy atom. The number of amides is 1. The number of hydrogen-bond donors (Lipinski definition) is 3. The number of pyridine rings is 1. The molecule has 2 aromatic heterocycles. The van der Waals surface area contributed by atoms with Gasteiger partial charge < -0.3 is 15.7 Å². The summed E-state index contributed by atoms with van der Waals surface area (Å²) < 4.78 is 0.